The molecule has 0 fully saturated rings. The summed E-state index contributed by atoms with van der Waals surface area (Å²) in [5.74, 6) is 0.568. The van der Waals surface area contributed by atoms with Crippen LogP contribution in [-0.4, -0.2) is 5.78 Å². The Balaban J connectivity index is 3.44. The lowest BCUT2D eigenvalue weighted by molar-refractivity contribution is -0.121. The predicted octanol–water partition coefficient (Wildman–Crippen LogP) is 3.35. The summed E-state index contributed by atoms with van der Waals surface area (Å²) in [4.78, 5) is 11.2. The minimum atomic E-state index is 0.194. The van der Waals surface area contributed by atoms with Crippen molar-refractivity contribution < 1.29 is 4.79 Å². The Morgan fingerprint density at radius 2 is 1.92 bits per heavy atom. The van der Waals surface area contributed by atoms with Gasteiger partial charge in [-0.25, -0.2) is 0 Å². The Kier molecular flexibility index (Phi) is 5.69. The highest BCUT2D eigenvalue weighted by atomic mass is 16.1. The van der Waals surface area contributed by atoms with E-state index in [2.05, 4.69) is 13.5 Å². The molecule has 0 atom stereocenters. The van der Waals surface area contributed by atoms with Crippen LogP contribution in [0.5, 0.6) is 0 Å². The molecule has 0 spiro atoms. The molecular formula is C11H20O. The van der Waals surface area contributed by atoms with Gasteiger partial charge in [-0.1, -0.05) is 32.9 Å². The SMILES string of the molecule is C=C(CC)CCCC(=O)C(C)C. The van der Waals surface area contributed by atoms with E-state index < -0.39 is 0 Å². The summed E-state index contributed by atoms with van der Waals surface area (Å²) in [7, 11) is 0. The Morgan fingerprint density at radius 1 is 1.33 bits per heavy atom. The normalized spacial score (nSPS) is 10.3. The molecule has 0 saturated carbocycles. The average Bonchev–Trinajstić information content (AvgIpc) is 2.03. The minimum absolute atomic E-state index is 0.194. The van der Waals surface area contributed by atoms with Crippen molar-refractivity contribution in [2.45, 2.75) is 46.5 Å². The molecule has 0 aliphatic rings. The molecule has 0 rings (SSSR count). The first-order valence-electron chi connectivity index (χ1n) is 4.77. The maximum absolute atomic E-state index is 11.2. The molecule has 1 heteroatoms. The molecule has 12 heavy (non-hydrogen) atoms. The Morgan fingerprint density at radius 3 is 2.33 bits per heavy atom. The second-order valence-corrected chi connectivity index (χ2v) is 3.58. The molecule has 0 aromatic heterocycles. The molecule has 0 bridgehead atoms. The summed E-state index contributed by atoms with van der Waals surface area (Å²) in [6.45, 7) is 9.92. The van der Waals surface area contributed by atoms with Crippen LogP contribution in [0.2, 0.25) is 0 Å². The fourth-order valence-corrected chi connectivity index (χ4v) is 0.978. The summed E-state index contributed by atoms with van der Waals surface area (Å²) < 4.78 is 0. The third kappa shape index (κ3) is 5.11. The van der Waals surface area contributed by atoms with Gasteiger partial charge in [-0.05, 0) is 19.3 Å². The lowest BCUT2D eigenvalue weighted by Gasteiger charge is -2.04. The highest BCUT2D eigenvalue weighted by Gasteiger charge is 2.05. The van der Waals surface area contributed by atoms with Crippen molar-refractivity contribution in [2.75, 3.05) is 0 Å². The van der Waals surface area contributed by atoms with Crippen LogP contribution in [0.25, 0.3) is 0 Å². The number of hydrogen-bond donors (Lipinski definition) is 0. The Bertz CT molecular complexity index is 156. The first-order chi connectivity index (χ1) is 5.57. The van der Waals surface area contributed by atoms with Gasteiger partial charge in [0.2, 0.25) is 0 Å². The second kappa shape index (κ2) is 5.99. The highest BCUT2D eigenvalue weighted by Crippen LogP contribution is 2.10. The minimum Gasteiger partial charge on any atom is -0.299 e. The lowest BCUT2D eigenvalue weighted by atomic mass is 10.0. The standard InChI is InChI=1S/C11H20O/c1-5-10(4)7-6-8-11(12)9(2)3/h9H,4-8H2,1-3H3. The summed E-state index contributed by atoms with van der Waals surface area (Å²) in [5.41, 5.74) is 1.26. The van der Waals surface area contributed by atoms with Crippen LogP contribution in [-0.2, 0) is 4.79 Å². The molecule has 70 valence electrons. The number of Topliss-reactive ketones (excluding diaryl/α,β-unsaturated/α-hetero) is 1. The quantitative estimate of drug-likeness (QED) is 0.556. The van der Waals surface area contributed by atoms with E-state index in [1.165, 1.54) is 5.57 Å². The van der Waals surface area contributed by atoms with Crippen LogP contribution < -0.4 is 0 Å². The molecule has 0 aliphatic heterocycles. The average molecular weight is 168 g/mol. The first-order valence-corrected chi connectivity index (χ1v) is 4.77. The number of ketones is 1. The molecule has 0 amide bonds. The van der Waals surface area contributed by atoms with E-state index in [1.54, 1.807) is 0 Å². The van der Waals surface area contributed by atoms with Crippen LogP contribution >= 0.6 is 0 Å². The zero-order chi connectivity index (χ0) is 9.56. The molecule has 0 N–H and O–H groups in total. The molecule has 0 aromatic rings. The van der Waals surface area contributed by atoms with E-state index >= 15 is 0 Å². The summed E-state index contributed by atoms with van der Waals surface area (Å²) in [5, 5.41) is 0. The van der Waals surface area contributed by atoms with Gasteiger partial charge in [0, 0.05) is 12.3 Å². The molecular weight excluding hydrogens is 148 g/mol. The Labute approximate surface area is 75.9 Å². The van der Waals surface area contributed by atoms with Crippen molar-refractivity contribution in [2.24, 2.45) is 5.92 Å². The van der Waals surface area contributed by atoms with Gasteiger partial charge in [0.25, 0.3) is 0 Å². The largest absolute Gasteiger partial charge is 0.299 e. The third-order valence-corrected chi connectivity index (χ3v) is 2.10. The van der Waals surface area contributed by atoms with Crippen molar-refractivity contribution in [1.29, 1.82) is 0 Å². The molecule has 0 radical (unpaired) electrons. The van der Waals surface area contributed by atoms with E-state index in [0.717, 1.165) is 25.7 Å². The smallest absolute Gasteiger partial charge is 0.135 e. The number of rotatable bonds is 6. The van der Waals surface area contributed by atoms with Crippen molar-refractivity contribution in [3.8, 4) is 0 Å². The zero-order valence-electron chi connectivity index (χ0n) is 8.52. The molecule has 0 aromatic carbocycles. The number of carbonyl (C=O) groups is 1. The van der Waals surface area contributed by atoms with Gasteiger partial charge in [0.05, 0.1) is 0 Å². The van der Waals surface area contributed by atoms with Crippen LogP contribution in [0.3, 0.4) is 0 Å². The van der Waals surface area contributed by atoms with Crippen LogP contribution in [0.1, 0.15) is 46.5 Å². The fraction of sp³-hybridized carbons (Fsp3) is 0.727. The maximum atomic E-state index is 11.2. The lowest BCUT2D eigenvalue weighted by Crippen LogP contribution is -2.06. The van der Waals surface area contributed by atoms with Crippen LogP contribution in [0.4, 0.5) is 0 Å². The third-order valence-electron chi connectivity index (χ3n) is 2.10. The number of carbonyl (C=O) groups excluding carboxylic acids is 1. The highest BCUT2D eigenvalue weighted by molar-refractivity contribution is 5.80. The van der Waals surface area contributed by atoms with Crippen molar-refractivity contribution in [3.05, 3.63) is 12.2 Å². The van der Waals surface area contributed by atoms with Gasteiger partial charge in [-0.3, -0.25) is 4.79 Å². The van der Waals surface area contributed by atoms with Crippen molar-refractivity contribution in [3.63, 3.8) is 0 Å². The van der Waals surface area contributed by atoms with Gasteiger partial charge in [0.15, 0.2) is 0 Å². The summed E-state index contributed by atoms with van der Waals surface area (Å²) in [6.07, 6.45) is 3.74. The van der Waals surface area contributed by atoms with Crippen LogP contribution in [0, 0.1) is 5.92 Å². The van der Waals surface area contributed by atoms with E-state index in [0.29, 0.717) is 5.78 Å². The predicted molar refractivity (Wildman–Crippen MR) is 53.1 cm³/mol. The Hall–Kier alpha value is -0.590. The molecule has 1 nitrogen and oxygen atoms in total. The van der Waals surface area contributed by atoms with E-state index in [9.17, 15) is 4.79 Å². The van der Waals surface area contributed by atoms with Gasteiger partial charge < -0.3 is 0 Å². The van der Waals surface area contributed by atoms with Gasteiger partial charge in [-0.2, -0.15) is 0 Å². The van der Waals surface area contributed by atoms with Crippen LogP contribution in [0.15, 0.2) is 12.2 Å². The first kappa shape index (κ1) is 11.4. The summed E-state index contributed by atoms with van der Waals surface area (Å²) >= 11 is 0. The topological polar surface area (TPSA) is 17.1 Å². The molecule has 0 saturated heterocycles. The van der Waals surface area contributed by atoms with Gasteiger partial charge >= 0.3 is 0 Å². The van der Waals surface area contributed by atoms with Gasteiger partial charge in [-0.15, -0.1) is 0 Å². The fourth-order valence-electron chi connectivity index (χ4n) is 0.978. The molecule has 0 aliphatic carbocycles. The molecule has 0 unspecified atom stereocenters. The monoisotopic (exact) mass is 168 g/mol. The molecule has 0 heterocycles. The van der Waals surface area contributed by atoms with E-state index in [-0.39, 0.29) is 5.92 Å². The number of hydrogen-bond acceptors (Lipinski definition) is 1. The van der Waals surface area contributed by atoms with E-state index in [4.69, 9.17) is 0 Å². The van der Waals surface area contributed by atoms with Crippen molar-refractivity contribution in [1.82, 2.24) is 0 Å². The van der Waals surface area contributed by atoms with Gasteiger partial charge in [0.1, 0.15) is 5.78 Å². The number of allylic oxidation sites excluding steroid dienone is 1. The summed E-state index contributed by atoms with van der Waals surface area (Å²) in [6, 6.07) is 0. The second-order valence-electron chi connectivity index (χ2n) is 3.58. The van der Waals surface area contributed by atoms with E-state index in [1.807, 2.05) is 13.8 Å². The van der Waals surface area contributed by atoms with Crippen molar-refractivity contribution >= 4 is 5.78 Å². The zero-order valence-corrected chi connectivity index (χ0v) is 8.52. The maximum Gasteiger partial charge on any atom is 0.135 e.